The SMILES string of the molecule is Cc1ccc(N2CCN(C(=O)CCC3CCCCC3)CC2)nn1. The van der Waals surface area contributed by atoms with Crippen molar-refractivity contribution in [2.45, 2.75) is 51.9 Å². The second-order valence-corrected chi connectivity index (χ2v) is 6.94. The summed E-state index contributed by atoms with van der Waals surface area (Å²) < 4.78 is 0. The molecule has 1 aliphatic carbocycles. The highest BCUT2D eigenvalue weighted by molar-refractivity contribution is 5.76. The molecule has 1 saturated carbocycles. The lowest BCUT2D eigenvalue weighted by Crippen LogP contribution is -2.49. The summed E-state index contributed by atoms with van der Waals surface area (Å²) in [4.78, 5) is 16.7. The van der Waals surface area contributed by atoms with E-state index in [0.29, 0.717) is 5.91 Å². The van der Waals surface area contributed by atoms with E-state index in [0.717, 1.165) is 56.5 Å². The van der Waals surface area contributed by atoms with Crippen LogP contribution in [0, 0.1) is 12.8 Å². The molecule has 0 unspecified atom stereocenters. The van der Waals surface area contributed by atoms with Gasteiger partial charge in [-0.2, -0.15) is 5.10 Å². The molecule has 0 bridgehead atoms. The zero-order chi connectivity index (χ0) is 16.1. The summed E-state index contributed by atoms with van der Waals surface area (Å²) >= 11 is 0. The fourth-order valence-electron chi connectivity index (χ4n) is 3.71. The Morgan fingerprint density at radius 3 is 2.48 bits per heavy atom. The smallest absolute Gasteiger partial charge is 0.222 e. The van der Waals surface area contributed by atoms with Gasteiger partial charge in [0.25, 0.3) is 0 Å². The highest BCUT2D eigenvalue weighted by Crippen LogP contribution is 2.27. The number of rotatable bonds is 4. The van der Waals surface area contributed by atoms with Gasteiger partial charge in [-0.05, 0) is 31.4 Å². The van der Waals surface area contributed by atoms with Gasteiger partial charge >= 0.3 is 0 Å². The lowest BCUT2D eigenvalue weighted by atomic mass is 9.86. The first-order valence-corrected chi connectivity index (χ1v) is 9.05. The third kappa shape index (κ3) is 4.43. The average Bonchev–Trinajstić information content (AvgIpc) is 2.61. The van der Waals surface area contributed by atoms with Crippen LogP contribution in [0.5, 0.6) is 0 Å². The molecule has 2 heterocycles. The van der Waals surface area contributed by atoms with Crippen molar-refractivity contribution in [3.8, 4) is 0 Å². The minimum Gasteiger partial charge on any atom is -0.352 e. The molecule has 2 aliphatic rings. The van der Waals surface area contributed by atoms with Gasteiger partial charge in [0.1, 0.15) is 0 Å². The molecule has 1 aromatic rings. The standard InChI is InChI=1S/C18H28N4O/c1-15-7-9-17(20-19-15)21-11-13-22(14-12-21)18(23)10-8-16-5-3-2-4-6-16/h7,9,16H,2-6,8,10-14H2,1H3. The van der Waals surface area contributed by atoms with Crippen LogP contribution < -0.4 is 4.90 Å². The Balaban J connectivity index is 1.42. The van der Waals surface area contributed by atoms with Crippen molar-refractivity contribution in [1.82, 2.24) is 15.1 Å². The topological polar surface area (TPSA) is 49.3 Å². The second-order valence-electron chi connectivity index (χ2n) is 6.94. The van der Waals surface area contributed by atoms with E-state index in [1.165, 1.54) is 32.1 Å². The molecule has 1 aromatic heterocycles. The van der Waals surface area contributed by atoms with Gasteiger partial charge < -0.3 is 9.80 Å². The Kier molecular flexibility index (Phi) is 5.47. The molecule has 23 heavy (non-hydrogen) atoms. The van der Waals surface area contributed by atoms with Crippen molar-refractivity contribution < 1.29 is 4.79 Å². The molecule has 126 valence electrons. The predicted molar refractivity (Wildman–Crippen MR) is 91.4 cm³/mol. The average molecular weight is 316 g/mol. The van der Waals surface area contributed by atoms with E-state index >= 15 is 0 Å². The molecule has 1 amide bonds. The van der Waals surface area contributed by atoms with Crippen LogP contribution in [0.25, 0.3) is 0 Å². The Morgan fingerprint density at radius 1 is 1.09 bits per heavy atom. The molecule has 0 N–H and O–H groups in total. The first-order valence-electron chi connectivity index (χ1n) is 9.05. The van der Waals surface area contributed by atoms with Crippen LogP contribution in [-0.4, -0.2) is 47.2 Å². The van der Waals surface area contributed by atoms with Gasteiger partial charge in [-0.15, -0.1) is 5.10 Å². The molecule has 0 radical (unpaired) electrons. The minimum absolute atomic E-state index is 0.338. The summed E-state index contributed by atoms with van der Waals surface area (Å²) in [5, 5.41) is 8.36. The summed E-state index contributed by atoms with van der Waals surface area (Å²) in [6.07, 6.45) is 8.57. The van der Waals surface area contributed by atoms with Crippen LogP contribution in [0.1, 0.15) is 50.6 Å². The Morgan fingerprint density at radius 2 is 1.83 bits per heavy atom. The molecule has 0 spiro atoms. The summed E-state index contributed by atoms with van der Waals surface area (Å²) in [6.45, 7) is 5.26. The van der Waals surface area contributed by atoms with Crippen molar-refractivity contribution >= 4 is 11.7 Å². The van der Waals surface area contributed by atoms with Gasteiger partial charge in [0.15, 0.2) is 5.82 Å². The number of amides is 1. The van der Waals surface area contributed by atoms with Gasteiger partial charge in [-0.25, -0.2) is 0 Å². The van der Waals surface area contributed by atoms with Crippen molar-refractivity contribution in [3.63, 3.8) is 0 Å². The zero-order valence-electron chi connectivity index (χ0n) is 14.2. The van der Waals surface area contributed by atoms with E-state index in [1.54, 1.807) is 0 Å². The van der Waals surface area contributed by atoms with Gasteiger partial charge in [0.2, 0.25) is 5.91 Å². The Labute approximate surface area is 139 Å². The normalized spacial score (nSPS) is 19.9. The number of piperazine rings is 1. The number of aromatic nitrogens is 2. The van der Waals surface area contributed by atoms with Crippen molar-refractivity contribution in [2.24, 2.45) is 5.92 Å². The number of hydrogen-bond acceptors (Lipinski definition) is 4. The molecule has 3 rings (SSSR count). The monoisotopic (exact) mass is 316 g/mol. The van der Waals surface area contributed by atoms with Crippen LogP contribution in [0.15, 0.2) is 12.1 Å². The number of carbonyl (C=O) groups excluding carboxylic acids is 1. The lowest BCUT2D eigenvalue weighted by Gasteiger charge is -2.35. The summed E-state index contributed by atoms with van der Waals surface area (Å²) in [6, 6.07) is 4.01. The van der Waals surface area contributed by atoms with Crippen LogP contribution in [0.4, 0.5) is 5.82 Å². The molecule has 5 heteroatoms. The first-order chi connectivity index (χ1) is 11.2. The van der Waals surface area contributed by atoms with E-state index in [1.807, 2.05) is 24.0 Å². The zero-order valence-corrected chi connectivity index (χ0v) is 14.2. The van der Waals surface area contributed by atoms with Gasteiger partial charge in [-0.3, -0.25) is 4.79 Å². The van der Waals surface area contributed by atoms with E-state index in [2.05, 4.69) is 15.1 Å². The van der Waals surface area contributed by atoms with Gasteiger partial charge in [0, 0.05) is 32.6 Å². The number of aryl methyl sites for hydroxylation is 1. The Hall–Kier alpha value is -1.65. The Bertz CT molecular complexity index is 502. The van der Waals surface area contributed by atoms with E-state index in [-0.39, 0.29) is 0 Å². The fraction of sp³-hybridized carbons (Fsp3) is 0.722. The highest BCUT2D eigenvalue weighted by Gasteiger charge is 2.23. The number of hydrogen-bond donors (Lipinski definition) is 0. The van der Waals surface area contributed by atoms with E-state index in [4.69, 9.17) is 0 Å². The van der Waals surface area contributed by atoms with Crippen LogP contribution in [-0.2, 0) is 4.79 Å². The highest BCUT2D eigenvalue weighted by atomic mass is 16.2. The van der Waals surface area contributed by atoms with Crippen LogP contribution in [0.2, 0.25) is 0 Å². The van der Waals surface area contributed by atoms with E-state index in [9.17, 15) is 4.79 Å². The quantitative estimate of drug-likeness (QED) is 0.857. The van der Waals surface area contributed by atoms with Crippen molar-refractivity contribution in [1.29, 1.82) is 0 Å². The molecule has 1 saturated heterocycles. The molecular formula is C18H28N4O. The van der Waals surface area contributed by atoms with Crippen molar-refractivity contribution in [2.75, 3.05) is 31.1 Å². The number of carbonyl (C=O) groups is 1. The molecule has 2 fully saturated rings. The largest absolute Gasteiger partial charge is 0.352 e. The minimum atomic E-state index is 0.338. The summed E-state index contributed by atoms with van der Waals surface area (Å²) in [5.74, 6) is 2.05. The molecular weight excluding hydrogens is 288 g/mol. The second kappa shape index (κ2) is 7.75. The lowest BCUT2D eigenvalue weighted by molar-refractivity contribution is -0.131. The van der Waals surface area contributed by atoms with Gasteiger partial charge in [-0.1, -0.05) is 32.1 Å². The van der Waals surface area contributed by atoms with Crippen LogP contribution >= 0.6 is 0 Å². The maximum Gasteiger partial charge on any atom is 0.222 e. The maximum absolute atomic E-state index is 12.4. The third-order valence-electron chi connectivity index (χ3n) is 5.23. The predicted octanol–water partition coefficient (Wildman–Crippen LogP) is 2.79. The first kappa shape index (κ1) is 16.2. The van der Waals surface area contributed by atoms with E-state index < -0.39 is 0 Å². The molecule has 0 atom stereocenters. The number of nitrogens with zero attached hydrogens (tertiary/aromatic N) is 4. The molecule has 1 aliphatic heterocycles. The molecule has 5 nitrogen and oxygen atoms in total. The fourth-order valence-corrected chi connectivity index (χ4v) is 3.71. The molecule has 0 aromatic carbocycles. The maximum atomic E-state index is 12.4. The third-order valence-corrected chi connectivity index (χ3v) is 5.23. The van der Waals surface area contributed by atoms with Gasteiger partial charge in [0.05, 0.1) is 5.69 Å². The summed E-state index contributed by atoms with van der Waals surface area (Å²) in [5.41, 5.74) is 0.935. The van der Waals surface area contributed by atoms with Crippen molar-refractivity contribution in [3.05, 3.63) is 17.8 Å². The summed E-state index contributed by atoms with van der Waals surface area (Å²) in [7, 11) is 0. The van der Waals surface area contributed by atoms with Crippen LogP contribution in [0.3, 0.4) is 0 Å². The number of anilines is 1.